The van der Waals surface area contributed by atoms with Crippen molar-refractivity contribution < 1.29 is 9.63 Å². The number of nitrogens with zero attached hydrogens (tertiary/aromatic N) is 3. The van der Waals surface area contributed by atoms with Crippen LogP contribution in [-0.2, 0) is 0 Å². The van der Waals surface area contributed by atoms with E-state index in [0.717, 1.165) is 0 Å². The lowest BCUT2D eigenvalue weighted by molar-refractivity contribution is 0.427. The van der Waals surface area contributed by atoms with E-state index in [1.165, 1.54) is 11.3 Å². The van der Waals surface area contributed by atoms with Crippen LogP contribution in [0.15, 0.2) is 40.4 Å². The van der Waals surface area contributed by atoms with Crippen LogP contribution in [0.5, 0.6) is 5.75 Å². The fourth-order valence-electron chi connectivity index (χ4n) is 1.38. The summed E-state index contributed by atoms with van der Waals surface area (Å²) in [6, 6.07) is 7.05. The molecular weight excluding hydrogens is 238 g/mol. The number of pyridine rings is 1. The van der Waals surface area contributed by atoms with Gasteiger partial charge in [0, 0.05) is 6.20 Å². The van der Waals surface area contributed by atoms with Crippen LogP contribution in [0.4, 0.5) is 0 Å². The average molecular weight is 245 g/mol. The molecule has 1 N–H and O–H groups in total. The van der Waals surface area contributed by atoms with E-state index in [-0.39, 0.29) is 5.75 Å². The van der Waals surface area contributed by atoms with Gasteiger partial charge >= 0.3 is 0 Å². The third-order valence-corrected chi connectivity index (χ3v) is 3.05. The second-order valence-electron chi connectivity index (χ2n) is 3.27. The molecule has 0 atom stereocenters. The normalized spacial score (nSPS) is 10.6. The van der Waals surface area contributed by atoms with Gasteiger partial charge in [-0.15, -0.1) is 11.3 Å². The smallest absolute Gasteiger partial charge is 0.272 e. The molecule has 0 radical (unpaired) electrons. The van der Waals surface area contributed by atoms with E-state index in [9.17, 15) is 5.11 Å². The zero-order chi connectivity index (χ0) is 11.7. The van der Waals surface area contributed by atoms with Gasteiger partial charge in [0.25, 0.3) is 5.89 Å². The lowest BCUT2D eigenvalue weighted by Crippen LogP contribution is -1.83. The van der Waals surface area contributed by atoms with Crippen molar-refractivity contribution in [2.24, 2.45) is 0 Å². The van der Waals surface area contributed by atoms with Crippen molar-refractivity contribution in [3.05, 3.63) is 35.8 Å². The minimum absolute atomic E-state index is 0.145. The Morgan fingerprint density at radius 3 is 2.88 bits per heavy atom. The van der Waals surface area contributed by atoms with Crippen LogP contribution in [0, 0.1) is 0 Å². The first-order valence-electron chi connectivity index (χ1n) is 4.86. The Morgan fingerprint density at radius 1 is 1.24 bits per heavy atom. The third kappa shape index (κ3) is 1.78. The molecule has 3 aromatic rings. The average Bonchev–Trinajstić information content (AvgIpc) is 2.98. The van der Waals surface area contributed by atoms with E-state index in [1.807, 2.05) is 12.1 Å². The Balaban J connectivity index is 2.02. The largest absolute Gasteiger partial charge is 0.506 e. The van der Waals surface area contributed by atoms with Crippen molar-refractivity contribution in [3.63, 3.8) is 0 Å². The van der Waals surface area contributed by atoms with Gasteiger partial charge in [-0.2, -0.15) is 4.98 Å². The number of hydrogen-bond donors (Lipinski definition) is 1. The number of aromatic hydroxyl groups is 1. The van der Waals surface area contributed by atoms with Gasteiger partial charge in [-0.1, -0.05) is 11.2 Å². The van der Waals surface area contributed by atoms with Gasteiger partial charge in [-0.25, -0.2) is 0 Å². The molecule has 0 aromatic carbocycles. The Hall–Kier alpha value is -2.21. The van der Waals surface area contributed by atoms with Crippen molar-refractivity contribution in [2.45, 2.75) is 0 Å². The number of hydrogen-bond acceptors (Lipinski definition) is 6. The Morgan fingerprint density at radius 2 is 2.18 bits per heavy atom. The van der Waals surface area contributed by atoms with E-state index >= 15 is 0 Å². The molecule has 0 aliphatic heterocycles. The highest BCUT2D eigenvalue weighted by Crippen LogP contribution is 2.33. The molecule has 0 unspecified atom stereocenters. The monoisotopic (exact) mass is 245 g/mol. The molecule has 0 fully saturated rings. The summed E-state index contributed by atoms with van der Waals surface area (Å²) in [6.45, 7) is 0. The predicted molar refractivity (Wildman–Crippen MR) is 62.5 cm³/mol. The van der Waals surface area contributed by atoms with Crippen LogP contribution in [0.25, 0.3) is 22.3 Å². The highest BCUT2D eigenvalue weighted by atomic mass is 32.1. The maximum absolute atomic E-state index is 9.55. The molecule has 0 amide bonds. The number of thiophene rings is 1. The highest BCUT2D eigenvalue weighted by Gasteiger charge is 2.15. The molecule has 84 valence electrons. The molecule has 17 heavy (non-hydrogen) atoms. The van der Waals surface area contributed by atoms with Gasteiger partial charge in [-0.3, -0.25) is 4.98 Å². The van der Waals surface area contributed by atoms with Crippen molar-refractivity contribution in [3.8, 4) is 28.0 Å². The van der Waals surface area contributed by atoms with E-state index in [1.54, 1.807) is 23.7 Å². The Bertz CT molecular complexity index is 633. The topological polar surface area (TPSA) is 72.0 Å². The van der Waals surface area contributed by atoms with Gasteiger partial charge in [0.05, 0.1) is 0 Å². The SMILES string of the molecule is Oc1ccsc1-c1nc(-c2ccccn2)no1. The third-order valence-electron chi connectivity index (χ3n) is 2.16. The van der Waals surface area contributed by atoms with Gasteiger partial charge in [0.15, 0.2) is 0 Å². The van der Waals surface area contributed by atoms with Crippen LogP contribution in [0.1, 0.15) is 0 Å². The maximum atomic E-state index is 9.55. The quantitative estimate of drug-likeness (QED) is 0.751. The molecule has 0 saturated carbocycles. The Kier molecular flexibility index (Phi) is 2.34. The van der Waals surface area contributed by atoms with Gasteiger partial charge in [-0.05, 0) is 23.6 Å². The fourth-order valence-corrected chi connectivity index (χ4v) is 2.08. The molecule has 0 spiro atoms. The van der Waals surface area contributed by atoms with Crippen LogP contribution >= 0.6 is 11.3 Å². The molecular formula is C11H7N3O2S. The van der Waals surface area contributed by atoms with Gasteiger partial charge in [0.1, 0.15) is 16.3 Å². The van der Waals surface area contributed by atoms with Crippen LogP contribution in [0.2, 0.25) is 0 Å². The van der Waals surface area contributed by atoms with Crippen molar-refractivity contribution >= 4 is 11.3 Å². The summed E-state index contributed by atoms with van der Waals surface area (Å²) in [6.07, 6.45) is 1.66. The fraction of sp³-hybridized carbons (Fsp3) is 0. The minimum Gasteiger partial charge on any atom is -0.506 e. The molecule has 3 rings (SSSR count). The summed E-state index contributed by atoms with van der Waals surface area (Å²) < 4.78 is 5.09. The summed E-state index contributed by atoms with van der Waals surface area (Å²) in [7, 11) is 0. The van der Waals surface area contributed by atoms with Crippen LogP contribution in [0.3, 0.4) is 0 Å². The summed E-state index contributed by atoms with van der Waals surface area (Å²) in [5.41, 5.74) is 0.638. The molecule has 0 saturated heterocycles. The standard InChI is InChI=1S/C11H7N3O2S/c15-8-4-6-17-9(8)11-13-10(14-16-11)7-3-1-2-5-12-7/h1-6,15H. The lowest BCUT2D eigenvalue weighted by Gasteiger charge is -1.90. The summed E-state index contributed by atoms with van der Waals surface area (Å²) in [4.78, 5) is 8.89. The first-order valence-corrected chi connectivity index (χ1v) is 5.74. The molecule has 6 heteroatoms. The zero-order valence-corrected chi connectivity index (χ0v) is 9.39. The molecule has 5 nitrogen and oxygen atoms in total. The predicted octanol–water partition coefficient (Wildman–Crippen LogP) is 2.57. The second kappa shape index (κ2) is 3.99. The van der Waals surface area contributed by atoms with Gasteiger partial charge in [0.2, 0.25) is 5.82 Å². The van der Waals surface area contributed by atoms with E-state index in [4.69, 9.17) is 4.52 Å². The van der Waals surface area contributed by atoms with Crippen molar-refractivity contribution in [1.82, 2.24) is 15.1 Å². The van der Waals surface area contributed by atoms with Crippen molar-refractivity contribution in [2.75, 3.05) is 0 Å². The van der Waals surface area contributed by atoms with Gasteiger partial charge < -0.3 is 9.63 Å². The van der Waals surface area contributed by atoms with Crippen LogP contribution < -0.4 is 0 Å². The Labute approximate surface area is 100 Å². The first kappa shape index (κ1) is 9.98. The first-order chi connectivity index (χ1) is 8.34. The molecule has 0 bridgehead atoms. The van der Waals surface area contributed by atoms with E-state index in [2.05, 4.69) is 15.1 Å². The number of rotatable bonds is 2. The van der Waals surface area contributed by atoms with Crippen LogP contribution in [-0.4, -0.2) is 20.2 Å². The van der Waals surface area contributed by atoms with E-state index < -0.39 is 0 Å². The molecule has 0 aliphatic carbocycles. The van der Waals surface area contributed by atoms with Crippen molar-refractivity contribution in [1.29, 1.82) is 0 Å². The summed E-state index contributed by atoms with van der Waals surface area (Å²) >= 11 is 1.34. The molecule has 3 aromatic heterocycles. The minimum atomic E-state index is 0.145. The lowest BCUT2D eigenvalue weighted by atomic mass is 10.3. The highest BCUT2D eigenvalue weighted by molar-refractivity contribution is 7.13. The second-order valence-corrected chi connectivity index (χ2v) is 4.19. The molecule has 0 aliphatic rings. The summed E-state index contributed by atoms with van der Waals surface area (Å²) in [5, 5.41) is 15.1. The summed E-state index contributed by atoms with van der Waals surface area (Å²) in [5.74, 6) is 0.859. The maximum Gasteiger partial charge on any atom is 0.272 e. The molecule has 3 heterocycles. The van der Waals surface area contributed by atoms with E-state index in [0.29, 0.717) is 22.3 Å². The zero-order valence-electron chi connectivity index (χ0n) is 8.57. The number of aromatic nitrogens is 3.